The summed E-state index contributed by atoms with van der Waals surface area (Å²) >= 11 is 0. The first kappa shape index (κ1) is 11.6. The lowest BCUT2D eigenvalue weighted by Gasteiger charge is -2.08. The van der Waals surface area contributed by atoms with Gasteiger partial charge in [-0.15, -0.1) is 5.10 Å². The maximum absolute atomic E-state index is 5.49. The third kappa shape index (κ3) is 3.04. The molecular formula is C12H22N4. The minimum absolute atomic E-state index is 0.647. The molecule has 0 bridgehead atoms. The standard InChI is InChI=1S/C12H22N4/c13-8-5-9-16-10-12(14-15-16)11-6-3-1-2-4-7-11/h10-11H,1-9,13H2. The van der Waals surface area contributed by atoms with E-state index < -0.39 is 0 Å². The summed E-state index contributed by atoms with van der Waals surface area (Å²) in [6.07, 6.45) is 11.1. The fourth-order valence-electron chi connectivity index (χ4n) is 2.44. The lowest BCUT2D eigenvalue weighted by molar-refractivity contribution is 0.562. The maximum Gasteiger partial charge on any atom is 0.0857 e. The highest BCUT2D eigenvalue weighted by Gasteiger charge is 2.17. The van der Waals surface area contributed by atoms with Crippen LogP contribution in [-0.4, -0.2) is 21.5 Å². The highest BCUT2D eigenvalue weighted by molar-refractivity contribution is 5.02. The Hall–Kier alpha value is -0.900. The van der Waals surface area contributed by atoms with E-state index in [1.165, 1.54) is 44.2 Å². The van der Waals surface area contributed by atoms with Gasteiger partial charge in [-0.25, -0.2) is 0 Å². The zero-order valence-electron chi connectivity index (χ0n) is 9.94. The molecule has 4 heteroatoms. The quantitative estimate of drug-likeness (QED) is 0.793. The SMILES string of the molecule is NCCCn1cc(C2CCCCCC2)nn1. The van der Waals surface area contributed by atoms with Crippen molar-refractivity contribution in [3.8, 4) is 0 Å². The fourth-order valence-corrected chi connectivity index (χ4v) is 2.44. The summed E-state index contributed by atoms with van der Waals surface area (Å²) in [7, 11) is 0. The summed E-state index contributed by atoms with van der Waals surface area (Å²) in [6, 6.07) is 0. The Morgan fingerprint density at radius 3 is 2.69 bits per heavy atom. The number of nitrogens with zero attached hydrogens (tertiary/aromatic N) is 3. The molecule has 1 aliphatic carbocycles. The average Bonchev–Trinajstić information content (AvgIpc) is 2.60. The smallest absolute Gasteiger partial charge is 0.0857 e. The molecule has 90 valence electrons. The molecular weight excluding hydrogens is 200 g/mol. The van der Waals surface area contributed by atoms with E-state index in [-0.39, 0.29) is 0 Å². The second-order valence-electron chi connectivity index (χ2n) is 4.74. The molecule has 1 aliphatic rings. The second kappa shape index (κ2) is 5.99. The van der Waals surface area contributed by atoms with Crippen molar-refractivity contribution in [1.29, 1.82) is 0 Å². The minimum Gasteiger partial charge on any atom is -0.330 e. The molecule has 1 aromatic rings. The zero-order chi connectivity index (χ0) is 11.2. The number of aromatic nitrogens is 3. The molecule has 1 saturated carbocycles. The summed E-state index contributed by atoms with van der Waals surface area (Å²) in [5.74, 6) is 0.647. The van der Waals surface area contributed by atoms with E-state index in [1.807, 2.05) is 4.68 Å². The van der Waals surface area contributed by atoms with Crippen molar-refractivity contribution in [3.05, 3.63) is 11.9 Å². The lowest BCUT2D eigenvalue weighted by atomic mass is 9.97. The van der Waals surface area contributed by atoms with Crippen LogP contribution in [-0.2, 0) is 6.54 Å². The zero-order valence-corrected chi connectivity index (χ0v) is 9.94. The van der Waals surface area contributed by atoms with Crippen LogP contribution in [0.5, 0.6) is 0 Å². The van der Waals surface area contributed by atoms with Crippen LogP contribution in [0, 0.1) is 0 Å². The number of nitrogens with two attached hydrogens (primary N) is 1. The van der Waals surface area contributed by atoms with Crippen molar-refractivity contribution in [2.24, 2.45) is 5.73 Å². The van der Waals surface area contributed by atoms with Gasteiger partial charge in [0.25, 0.3) is 0 Å². The van der Waals surface area contributed by atoms with E-state index in [1.54, 1.807) is 0 Å². The first-order chi connectivity index (χ1) is 7.90. The molecule has 2 rings (SSSR count). The van der Waals surface area contributed by atoms with Gasteiger partial charge < -0.3 is 5.73 Å². The third-order valence-corrected chi connectivity index (χ3v) is 3.42. The lowest BCUT2D eigenvalue weighted by Crippen LogP contribution is -2.06. The molecule has 4 nitrogen and oxygen atoms in total. The van der Waals surface area contributed by atoms with Crippen LogP contribution in [0.25, 0.3) is 0 Å². The summed E-state index contributed by atoms with van der Waals surface area (Å²) < 4.78 is 1.94. The number of rotatable bonds is 4. The molecule has 1 fully saturated rings. The van der Waals surface area contributed by atoms with E-state index in [9.17, 15) is 0 Å². The van der Waals surface area contributed by atoms with Gasteiger partial charge in [-0.1, -0.05) is 30.9 Å². The minimum atomic E-state index is 0.647. The van der Waals surface area contributed by atoms with Crippen molar-refractivity contribution >= 4 is 0 Å². The normalized spacial score (nSPS) is 18.6. The Kier molecular flexibility index (Phi) is 4.34. The van der Waals surface area contributed by atoms with Crippen LogP contribution in [0.3, 0.4) is 0 Å². The summed E-state index contributed by atoms with van der Waals surface area (Å²) in [4.78, 5) is 0. The molecule has 0 spiro atoms. The molecule has 16 heavy (non-hydrogen) atoms. The van der Waals surface area contributed by atoms with Crippen LogP contribution in [0.1, 0.15) is 56.6 Å². The monoisotopic (exact) mass is 222 g/mol. The van der Waals surface area contributed by atoms with Crippen molar-refractivity contribution in [2.75, 3.05) is 6.54 Å². The van der Waals surface area contributed by atoms with Crippen molar-refractivity contribution < 1.29 is 0 Å². The molecule has 0 atom stereocenters. The van der Waals surface area contributed by atoms with Gasteiger partial charge in [0, 0.05) is 18.7 Å². The number of aryl methyl sites for hydroxylation is 1. The van der Waals surface area contributed by atoms with E-state index in [4.69, 9.17) is 5.73 Å². The van der Waals surface area contributed by atoms with E-state index >= 15 is 0 Å². The summed E-state index contributed by atoms with van der Waals surface area (Å²) in [5, 5.41) is 8.48. The maximum atomic E-state index is 5.49. The molecule has 0 saturated heterocycles. The molecule has 1 heterocycles. The van der Waals surface area contributed by atoms with E-state index in [0.717, 1.165) is 19.5 Å². The molecule has 0 aromatic carbocycles. The van der Waals surface area contributed by atoms with Crippen LogP contribution < -0.4 is 5.73 Å². The van der Waals surface area contributed by atoms with Crippen LogP contribution in [0.15, 0.2) is 6.20 Å². The first-order valence-corrected chi connectivity index (χ1v) is 6.50. The van der Waals surface area contributed by atoms with Gasteiger partial charge in [-0.2, -0.15) is 0 Å². The predicted molar refractivity (Wildman–Crippen MR) is 64.1 cm³/mol. The van der Waals surface area contributed by atoms with Gasteiger partial charge in [0.15, 0.2) is 0 Å². The van der Waals surface area contributed by atoms with E-state index in [2.05, 4.69) is 16.5 Å². The average molecular weight is 222 g/mol. The van der Waals surface area contributed by atoms with Gasteiger partial charge in [0.1, 0.15) is 0 Å². The van der Waals surface area contributed by atoms with Crippen LogP contribution >= 0.6 is 0 Å². The highest BCUT2D eigenvalue weighted by atomic mass is 15.4. The van der Waals surface area contributed by atoms with Crippen molar-refractivity contribution in [2.45, 2.75) is 57.4 Å². The Balaban J connectivity index is 1.94. The molecule has 0 unspecified atom stereocenters. The fraction of sp³-hybridized carbons (Fsp3) is 0.833. The van der Waals surface area contributed by atoms with Gasteiger partial charge in [0.05, 0.1) is 5.69 Å². The van der Waals surface area contributed by atoms with Gasteiger partial charge in [-0.3, -0.25) is 4.68 Å². The molecule has 2 N–H and O–H groups in total. The van der Waals surface area contributed by atoms with Gasteiger partial charge >= 0.3 is 0 Å². The predicted octanol–water partition coefficient (Wildman–Crippen LogP) is 2.06. The van der Waals surface area contributed by atoms with Crippen molar-refractivity contribution in [3.63, 3.8) is 0 Å². The first-order valence-electron chi connectivity index (χ1n) is 6.50. The Labute approximate surface area is 97.2 Å². The molecule has 0 radical (unpaired) electrons. The molecule has 0 aliphatic heterocycles. The topological polar surface area (TPSA) is 56.7 Å². The molecule has 1 aromatic heterocycles. The van der Waals surface area contributed by atoms with Gasteiger partial charge in [-0.05, 0) is 25.8 Å². The Morgan fingerprint density at radius 2 is 2.00 bits per heavy atom. The summed E-state index contributed by atoms with van der Waals surface area (Å²) in [6.45, 7) is 1.62. The van der Waals surface area contributed by atoms with E-state index in [0.29, 0.717) is 5.92 Å². The Morgan fingerprint density at radius 1 is 1.25 bits per heavy atom. The van der Waals surface area contributed by atoms with Gasteiger partial charge in [0.2, 0.25) is 0 Å². The Bertz CT molecular complexity index is 300. The third-order valence-electron chi connectivity index (χ3n) is 3.42. The number of hydrogen-bond donors (Lipinski definition) is 1. The molecule has 0 amide bonds. The van der Waals surface area contributed by atoms with Crippen molar-refractivity contribution in [1.82, 2.24) is 15.0 Å². The number of hydrogen-bond acceptors (Lipinski definition) is 3. The van der Waals surface area contributed by atoms with Crippen LogP contribution in [0.4, 0.5) is 0 Å². The highest BCUT2D eigenvalue weighted by Crippen LogP contribution is 2.29. The second-order valence-corrected chi connectivity index (χ2v) is 4.74. The van der Waals surface area contributed by atoms with Crippen LogP contribution in [0.2, 0.25) is 0 Å². The summed E-state index contributed by atoms with van der Waals surface area (Å²) in [5.41, 5.74) is 6.68. The largest absolute Gasteiger partial charge is 0.330 e.